The highest BCUT2D eigenvalue weighted by atomic mass is 16.5. The van der Waals surface area contributed by atoms with E-state index in [0.29, 0.717) is 18.1 Å². The number of ketones is 1. The molecule has 74 valence electrons. The summed E-state index contributed by atoms with van der Waals surface area (Å²) in [4.78, 5) is 14.9. The second kappa shape index (κ2) is 5.17. The Balaban J connectivity index is 2.59. The van der Waals surface area contributed by atoms with Gasteiger partial charge in [-0.2, -0.15) is 0 Å². The van der Waals surface area contributed by atoms with Crippen LogP contribution in [0.1, 0.15) is 24.3 Å². The molecule has 0 atom stereocenters. The molecule has 0 fully saturated rings. The predicted molar refractivity (Wildman–Crippen MR) is 54.6 cm³/mol. The summed E-state index contributed by atoms with van der Waals surface area (Å²) >= 11 is 0. The summed E-state index contributed by atoms with van der Waals surface area (Å²) < 4.78 is 5.32. The summed E-state index contributed by atoms with van der Waals surface area (Å²) in [7, 11) is 0. The lowest BCUT2D eigenvalue weighted by Gasteiger charge is -2.02. The number of hydrogen-bond acceptors (Lipinski definition) is 3. The van der Waals surface area contributed by atoms with Crippen LogP contribution in [0.3, 0.4) is 0 Å². The van der Waals surface area contributed by atoms with Gasteiger partial charge in [0.25, 0.3) is 0 Å². The average Bonchev–Trinajstić information content (AvgIpc) is 2.19. The van der Waals surface area contributed by atoms with E-state index in [2.05, 4.69) is 4.98 Å². The molecule has 0 aliphatic rings. The van der Waals surface area contributed by atoms with Crippen molar-refractivity contribution in [2.45, 2.75) is 13.8 Å². The van der Waals surface area contributed by atoms with Gasteiger partial charge in [-0.05, 0) is 19.1 Å². The van der Waals surface area contributed by atoms with E-state index in [-0.39, 0.29) is 5.78 Å². The molecule has 0 N–H and O–H groups in total. The van der Waals surface area contributed by atoms with Gasteiger partial charge in [0, 0.05) is 6.92 Å². The van der Waals surface area contributed by atoms with E-state index in [1.807, 2.05) is 19.1 Å². The van der Waals surface area contributed by atoms with E-state index in [1.165, 1.54) is 6.92 Å². The Hall–Kier alpha value is -1.64. The van der Waals surface area contributed by atoms with Gasteiger partial charge in [-0.15, -0.1) is 0 Å². The second-order valence-corrected chi connectivity index (χ2v) is 2.82. The second-order valence-electron chi connectivity index (χ2n) is 2.82. The number of ether oxygens (including phenoxy) is 1. The lowest BCUT2D eigenvalue weighted by Crippen LogP contribution is -1.98. The number of hydrogen-bond donors (Lipinski definition) is 0. The summed E-state index contributed by atoms with van der Waals surface area (Å²) in [5, 5.41) is 0. The first-order valence-electron chi connectivity index (χ1n) is 4.45. The number of rotatable bonds is 4. The van der Waals surface area contributed by atoms with Gasteiger partial charge in [-0.3, -0.25) is 4.79 Å². The zero-order valence-corrected chi connectivity index (χ0v) is 8.36. The van der Waals surface area contributed by atoms with Crippen molar-refractivity contribution in [2.24, 2.45) is 0 Å². The minimum Gasteiger partial charge on any atom is -0.488 e. The molecule has 14 heavy (non-hydrogen) atoms. The third-order valence-electron chi connectivity index (χ3n) is 1.68. The molecule has 1 aromatic rings. The third-order valence-corrected chi connectivity index (χ3v) is 1.68. The van der Waals surface area contributed by atoms with Crippen molar-refractivity contribution in [1.29, 1.82) is 0 Å². The zero-order chi connectivity index (χ0) is 10.4. The predicted octanol–water partition coefficient (Wildman–Crippen LogP) is 2.24. The minimum absolute atomic E-state index is 0.0370. The largest absolute Gasteiger partial charge is 0.488 e. The first-order chi connectivity index (χ1) is 6.74. The highest BCUT2D eigenvalue weighted by Gasteiger charge is 2.00. The number of allylic oxidation sites excluding steroid dienone is 1. The van der Waals surface area contributed by atoms with Crippen LogP contribution in [0.2, 0.25) is 0 Å². The number of pyridine rings is 1. The summed E-state index contributed by atoms with van der Waals surface area (Å²) in [6.45, 7) is 3.95. The van der Waals surface area contributed by atoms with E-state index >= 15 is 0 Å². The molecule has 0 aliphatic heterocycles. The van der Waals surface area contributed by atoms with Crippen LogP contribution in [0, 0.1) is 0 Å². The number of carbonyl (C=O) groups excluding carboxylic acids is 1. The van der Waals surface area contributed by atoms with E-state index in [0.717, 1.165) is 0 Å². The SMILES string of the molecule is C/C=C/COc1ccc(C(C)=O)nc1. The Morgan fingerprint density at radius 1 is 1.57 bits per heavy atom. The Morgan fingerprint density at radius 2 is 2.36 bits per heavy atom. The summed E-state index contributed by atoms with van der Waals surface area (Å²) in [5.74, 6) is 0.637. The summed E-state index contributed by atoms with van der Waals surface area (Å²) in [5.41, 5.74) is 0.461. The molecule has 3 heteroatoms. The molecule has 0 aromatic carbocycles. The Labute approximate surface area is 83.4 Å². The molecule has 0 saturated heterocycles. The smallest absolute Gasteiger partial charge is 0.178 e. The van der Waals surface area contributed by atoms with Crippen molar-refractivity contribution in [1.82, 2.24) is 4.98 Å². The number of Topliss-reactive ketones (excluding diaryl/α,β-unsaturated/α-hetero) is 1. The lowest BCUT2D eigenvalue weighted by molar-refractivity contribution is 0.101. The molecule has 0 amide bonds. The van der Waals surface area contributed by atoms with Gasteiger partial charge in [0.05, 0.1) is 6.20 Å². The third kappa shape index (κ3) is 3.01. The van der Waals surface area contributed by atoms with Crippen LogP contribution in [0.4, 0.5) is 0 Å². The van der Waals surface area contributed by atoms with Gasteiger partial charge >= 0.3 is 0 Å². The van der Waals surface area contributed by atoms with E-state index in [4.69, 9.17) is 4.74 Å². The molecular formula is C11H13NO2. The topological polar surface area (TPSA) is 39.2 Å². The normalized spacial score (nSPS) is 10.4. The van der Waals surface area contributed by atoms with Crippen molar-refractivity contribution in [3.8, 4) is 5.75 Å². The van der Waals surface area contributed by atoms with E-state index in [9.17, 15) is 4.79 Å². The first kappa shape index (κ1) is 10.4. The molecule has 0 bridgehead atoms. The van der Waals surface area contributed by atoms with Gasteiger partial charge in [-0.1, -0.05) is 12.2 Å². The van der Waals surface area contributed by atoms with E-state index < -0.39 is 0 Å². The fraction of sp³-hybridized carbons (Fsp3) is 0.273. The molecule has 1 aromatic heterocycles. The Kier molecular flexibility index (Phi) is 3.85. The fourth-order valence-corrected chi connectivity index (χ4v) is 0.914. The van der Waals surface area contributed by atoms with Gasteiger partial charge in [0.2, 0.25) is 0 Å². The van der Waals surface area contributed by atoms with Crippen LogP contribution in [0.15, 0.2) is 30.5 Å². The quantitative estimate of drug-likeness (QED) is 0.541. The fourth-order valence-electron chi connectivity index (χ4n) is 0.914. The van der Waals surface area contributed by atoms with Gasteiger partial charge in [-0.25, -0.2) is 4.98 Å². The molecule has 1 rings (SSSR count). The molecule has 0 saturated carbocycles. The van der Waals surface area contributed by atoms with Crippen LogP contribution in [0.25, 0.3) is 0 Å². The van der Waals surface area contributed by atoms with Crippen molar-refractivity contribution in [3.63, 3.8) is 0 Å². The van der Waals surface area contributed by atoms with E-state index in [1.54, 1.807) is 18.3 Å². The number of carbonyl (C=O) groups is 1. The van der Waals surface area contributed by atoms with Gasteiger partial charge in [0.15, 0.2) is 5.78 Å². The van der Waals surface area contributed by atoms with Gasteiger partial charge in [0.1, 0.15) is 18.1 Å². The summed E-state index contributed by atoms with van der Waals surface area (Å²) in [6, 6.07) is 3.40. The molecule has 3 nitrogen and oxygen atoms in total. The Morgan fingerprint density at radius 3 is 2.86 bits per heavy atom. The van der Waals surface area contributed by atoms with Crippen molar-refractivity contribution in [2.75, 3.05) is 6.61 Å². The maximum absolute atomic E-state index is 10.9. The van der Waals surface area contributed by atoms with Crippen molar-refractivity contribution in [3.05, 3.63) is 36.2 Å². The van der Waals surface area contributed by atoms with Crippen LogP contribution in [-0.4, -0.2) is 17.4 Å². The minimum atomic E-state index is -0.0370. The number of aromatic nitrogens is 1. The molecule has 1 heterocycles. The average molecular weight is 191 g/mol. The molecule has 0 spiro atoms. The highest BCUT2D eigenvalue weighted by Crippen LogP contribution is 2.09. The standard InChI is InChI=1S/C11H13NO2/c1-3-4-7-14-10-5-6-11(9(2)13)12-8-10/h3-6,8H,7H2,1-2H3/b4-3+. The zero-order valence-electron chi connectivity index (χ0n) is 8.36. The Bertz CT molecular complexity index is 328. The maximum atomic E-state index is 10.9. The monoisotopic (exact) mass is 191 g/mol. The maximum Gasteiger partial charge on any atom is 0.178 e. The molecule has 0 aliphatic carbocycles. The number of nitrogens with zero attached hydrogens (tertiary/aromatic N) is 1. The van der Waals surface area contributed by atoms with Gasteiger partial charge < -0.3 is 4.74 Å². The molecule has 0 unspecified atom stereocenters. The van der Waals surface area contributed by atoms with Crippen LogP contribution in [-0.2, 0) is 0 Å². The lowest BCUT2D eigenvalue weighted by atomic mass is 10.3. The van der Waals surface area contributed by atoms with Crippen LogP contribution in [0.5, 0.6) is 5.75 Å². The van der Waals surface area contributed by atoms with Crippen LogP contribution < -0.4 is 4.74 Å². The first-order valence-corrected chi connectivity index (χ1v) is 4.45. The van der Waals surface area contributed by atoms with Crippen molar-refractivity contribution < 1.29 is 9.53 Å². The molecular weight excluding hydrogens is 178 g/mol. The van der Waals surface area contributed by atoms with Crippen molar-refractivity contribution >= 4 is 5.78 Å². The van der Waals surface area contributed by atoms with Crippen LogP contribution >= 0.6 is 0 Å². The summed E-state index contributed by atoms with van der Waals surface area (Å²) in [6.07, 6.45) is 5.37. The molecule has 0 radical (unpaired) electrons. The highest BCUT2D eigenvalue weighted by molar-refractivity contribution is 5.92.